The predicted molar refractivity (Wildman–Crippen MR) is 244 cm³/mol. The molecule has 0 aromatic heterocycles. The molecular weight excluding hydrogens is 953 g/mol. The Morgan fingerprint density at radius 2 is 1.25 bits per heavy atom. The number of hydrogen-bond donors (Lipinski definition) is 13. The highest BCUT2D eigenvalue weighted by atomic mass is 16.8. The minimum atomic E-state index is -1.74. The monoisotopic (exact) mass is 1030 g/mol. The molecule has 414 valence electrons. The molecular formula is C50H82O22. The van der Waals surface area contributed by atoms with E-state index in [2.05, 4.69) is 26.8 Å². The molecule has 0 radical (unpaired) electrons. The van der Waals surface area contributed by atoms with Crippen molar-refractivity contribution in [2.75, 3.05) is 26.4 Å². The summed E-state index contributed by atoms with van der Waals surface area (Å²) in [5.41, 5.74) is 1.07. The van der Waals surface area contributed by atoms with Crippen molar-refractivity contribution < 1.29 is 109 Å². The van der Waals surface area contributed by atoms with Crippen molar-refractivity contribution in [3.8, 4) is 0 Å². The van der Waals surface area contributed by atoms with E-state index in [1.807, 2.05) is 6.92 Å². The highest BCUT2D eigenvalue weighted by Crippen LogP contribution is 2.70. The van der Waals surface area contributed by atoms with E-state index in [-0.39, 0.29) is 41.3 Å². The maximum Gasteiger partial charge on any atom is 0.187 e. The van der Waals surface area contributed by atoms with Gasteiger partial charge in [-0.25, -0.2) is 0 Å². The van der Waals surface area contributed by atoms with Crippen LogP contribution in [-0.2, 0) is 42.6 Å². The van der Waals surface area contributed by atoms with Crippen LogP contribution in [0.4, 0.5) is 0 Å². The molecule has 9 rings (SSSR count). The molecule has 0 amide bonds. The summed E-state index contributed by atoms with van der Waals surface area (Å²) in [4.78, 5) is 0. The average Bonchev–Trinajstić information content (AvgIpc) is 3.91. The van der Waals surface area contributed by atoms with Gasteiger partial charge in [0.25, 0.3) is 0 Å². The predicted octanol–water partition coefficient (Wildman–Crippen LogP) is -2.37. The molecule has 22 nitrogen and oxygen atoms in total. The van der Waals surface area contributed by atoms with E-state index in [0.717, 1.165) is 32.1 Å². The summed E-state index contributed by atoms with van der Waals surface area (Å²) in [6.45, 7) is 8.58. The summed E-state index contributed by atoms with van der Waals surface area (Å²) in [6, 6.07) is 0. The fourth-order valence-electron chi connectivity index (χ4n) is 14.8. The number of fused-ring (bicyclic) bond motifs is 7. The van der Waals surface area contributed by atoms with Gasteiger partial charge in [-0.05, 0) is 98.7 Å². The van der Waals surface area contributed by atoms with Crippen molar-refractivity contribution in [3.05, 3.63) is 11.6 Å². The zero-order chi connectivity index (χ0) is 51.9. The SMILES string of the molecule is C[C@H](CCC1(O)OC2CC3C4CC=C5C[C@@H](O[C@@H]6O[C@H](CO)C(O[C@@H]7O[C@@H](CO)[C@H](O)[C@H]7O)[C@@H](O)[C@H]6O[C@@H]6O[C@@H](C)[C@H](O)[C@@H](O)[C@H]6O)CC[C@]5(C)C4CC[C@]3(C)C2[C@@H]1C)CO[C@@H]1O[C@H](CO)[C@@H](O)[C@H](O)[C@H]1O. The Kier molecular flexibility index (Phi) is 16.7. The van der Waals surface area contributed by atoms with Gasteiger partial charge in [-0.15, -0.1) is 0 Å². The van der Waals surface area contributed by atoms with E-state index in [1.54, 1.807) is 0 Å². The first kappa shape index (κ1) is 55.6. The minimum absolute atomic E-state index is 0.0571. The zero-order valence-electron chi connectivity index (χ0n) is 41.8. The smallest absolute Gasteiger partial charge is 0.187 e. The molecule has 7 unspecified atom stereocenters. The van der Waals surface area contributed by atoms with Crippen molar-refractivity contribution in [1.29, 1.82) is 0 Å². The summed E-state index contributed by atoms with van der Waals surface area (Å²) in [5.74, 6) is -0.222. The lowest BCUT2D eigenvalue weighted by Crippen LogP contribution is -2.65. The van der Waals surface area contributed by atoms with Crippen molar-refractivity contribution in [3.63, 3.8) is 0 Å². The molecule has 0 bridgehead atoms. The van der Waals surface area contributed by atoms with Gasteiger partial charge in [-0.2, -0.15) is 0 Å². The standard InChI is InChI=1S/C50H82O22/c1-20(19-64-44-39(60)37(58)34(55)29(16-51)67-44)8-13-50(63)21(2)32-28(72-50)15-27-25-7-6-23-14-24(9-11-48(23,4)26(25)10-12-49(27,32)5)66-47-43(71-45-40(61)36(57)33(54)22(3)65-45)41(62)42(31(18-53)69-47)70-46-38(59)35(56)30(17-52)68-46/h6,20-22,24-47,51-63H,7-19H2,1-5H3/t20-,21+,22+,24+,25?,26?,27?,28?,29-,30+,31-,32?,33+,34-,35+,36-,37+,38-,39-,40-,41-,42?,43-,44-,45+,46+,47-,48+,49+,50?/m1/s1. The van der Waals surface area contributed by atoms with E-state index in [9.17, 15) is 66.4 Å². The molecule has 72 heavy (non-hydrogen) atoms. The largest absolute Gasteiger partial charge is 0.394 e. The Labute approximate surface area is 419 Å². The van der Waals surface area contributed by atoms with Crippen LogP contribution in [0.5, 0.6) is 0 Å². The number of ether oxygens (including phenoxy) is 9. The van der Waals surface area contributed by atoms with Crippen molar-refractivity contribution in [2.24, 2.45) is 46.3 Å². The van der Waals surface area contributed by atoms with E-state index in [1.165, 1.54) is 12.5 Å². The van der Waals surface area contributed by atoms with Crippen LogP contribution in [-0.4, -0.2) is 228 Å². The summed E-state index contributed by atoms with van der Waals surface area (Å²) in [5, 5.41) is 138. The third-order valence-electron chi connectivity index (χ3n) is 19.2. The van der Waals surface area contributed by atoms with Gasteiger partial charge in [0.1, 0.15) is 85.5 Å². The van der Waals surface area contributed by atoms with Gasteiger partial charge in [0.15, 0.2) is 30.9 Å². The summed E-state index contributed by atoms with van der Waals surface area (Å²) >= 11 is 0. The number of allylic oxidation sites excluding steroid dienone is 1. The number of aliphatic hydroxyl groups is 13. The molecule has 5 aliphatic heterocycles. The quantitative estimate of drug-likeness (QED) is 0.0763. The van der Waals surface area contributed by atoms with Crippen LogP contribution in [0.25, 0.3) is 0 Å². The summed E-state index contributed by atoms with van der Waals surface area (Å²) < 4.78 is 54.3. The fourth-order valence-corrected chi connectivity index (χ4v) is 14.8. The highest BCUT2D eigenvalue weighted by Gasteiger charge is 2.68. The van der Waals surface area contributed by atoms with Gasteiger partial charge >= 0.3 is 0 Å². The van der Waals surface area contributed by atoms with E-state index >= 15 is 0 Å². The maximum atomic E-state index is 12.1. The van der Waals surface area contributed by atoms with Crippen LogP contribution in [0.15, 0.2) is 11.6 Å². The van der Waals surface area contributed by atoms with Gasteiger partial charge in [-0.3, -0.25) is 0 Å². The van der Waals surface area contributed by atoms with E-state index in [4.69, 9.17) is 42.6 Å². The first-order chi connectivity index (χ1) is 34.1. The molecule has 8 fully saturated rings. The molecule has 5 saturated heterocycles. The second-order valence-electron chi connectivity index (χ2n) is 23.3. The first-order valence-corrected chi connectivity index (χ1v) is 26.3. The average molecular weight is 1040 g/mol. The minimum Gasteiger partial charge on any atom is -0.394 e. The Hall–Kier alpha value is -1.14. The lowest BCUT2D eigenvalue weighted by Gasteiger charge is -2.58. The second-order valence-corrected chi connectivity index (χ2v) is 23.3. The molecule has 0 aromatic carbocycles. The lowest BCUT2D eigenvalue weighted by atomic mass is 9.47. The van der Waals surface area contributed by atoms with Crippen molar-refractivity contribution in [2.45, 2.75) is 227 Å². The van der Waals surface area contributed by atoms with Crippen LogP contribution >= 0.6 is 0 Å². The van der Waals surface area contributed by atoms with Crippen LogP contribution in [0, 0.1) is 46.3 Å². The molecule has 9 aliphatic rings. The number of rotatable bonds is 15. The van der Waals surface area contributed by atoms with Crippen molar-refractivity contribution >= 4 is 0 Å². The molecule has 30 atom stereocenters. The fraction of sp³-hybridized carbons (Fsp3) is 0.960. The lowest BCUT2D eigenvalue weighted by molar-refractivity contribution is -0.380. The summed E-state index contributed by atoms with van der Waals surface area (Å²) in [7, 11) is 0. The molecule has 0 spiro atoms. The molecule has 5 heterocycles. The third kappa shape index (κ3) is 9.80. The molecule has 3 saturated carbocycles. The van der Waals surface area contributed by atoms with Gasteiger partial charge in [0.2, 0.25) is 0 Å². The molecule has 13 N–H and O–H groups in total. The Bertz CT molecular complexity index is 1860. The third-order valence-corrected chi connectivity index (χ3v) is 19.2. The van der Waals surface area contributed by atoms with Gasteiger partial charge in [0.05, 0.1) is 44.7 Å². The normalized spacial score (nSPS) is 54.9. The number of hydrogen-bond acceptors (Lipinski definition) is 22. The first-order valence-electron chi connectivity index (χ1n) is 26.3. The van der Waals surface area contributed by atoms with Crippen LogP contribution in [0.2, 0.25) is 0 Å². The zero-order valence-corrected chi connectivity index (χ0v) is 41.8. The number of aliphatic hydroxyl groups excluding tert-OH is 12. The van der Waals surface area contributed by atoms with Crippen LogP contribution in [0.1, 0.15) is 92.4 Å². The maximum absolute atomic E-state index is 12.1. The second kappa shape index (κ2) is 21.6. The van der Waals surface area contributed by atoms with Crippen molar-refractivity contribution in [1.82, 2.24) is 0 Å². The molecule has 4 aliphatic carbocycles. The Balaban J connectivity index is 0.843. The molecule has 22 heteroatoms. The summed E-state index contributed by atoms with van der Waals surface area (Å²) in [6.07, 6.45) is -18.8. The van der Waals surface area contributed by atoms with Gasteiger partial charge < -0.3 is 109 Å². The molecule has 0 aromatic rings. The van der Waals surface area contributed by atoms with E-state index < -0.39 is 148 Å². The Morgan fingerprint density at radius 1 is 0.653 bits per heavy atom. The topological polar surface area (TPSA) is 346 Å². The van der Waals surface area contributed by atoms with Gasteiger partial charge in [0, 0.05) is 12.3 Å². The Morgan fingerprint density at radius 3 is 1.94 bits per heavy atom. The van der Waals surface area contributed by atoms with Gasteiger partial charge in [-0.1, -0.05) is 39.3 Å². The van der Waals surface area contributed by atoms with E-state index in [0.29, 0.717) is 43.4 Å². The highest BCUT2D eigenvalue weighted by molar-refractivity contribution is 5.26. The van der Waals surface area contributed by atoms with Crippen LogP contribution in [0.3, 0.4) is 0 Å². The van der Waals surface area contributed by atoms with Crippen LogP contribution < -0.4 is 0 Å².